The number of fused-ring (bicyclic) bond motifs is 4. The van der Waals surface area contributed by atoms with E-state index >= 15 is 0 Å². The second-order valence-corrected chi connectivity index (χ2v) is 5.14. The van der Waals surface area contributed by atoms with Crippen molar-refractivity contribution in [2.45, 2.75) is 13.8 Å². The fourth-order valence-corrected chi connectivity index (χ4v) is 2.93. The first-order valence-corrected chi connectivity index (χ1v) is 6.51. The van der Waals surface area contributed by atoms with E-state index in [1.54, 1.807) is 0 Å². The average Bonchev–Trinajstić information content (AvgIpc) is 2.74. The maximum atomic E-state index is 4.56. The van der Waals surface area contributed by atoms with Crippen LogP contribution in [0.5, 0.6) is 0 Å². The quantitative estimate of drug-likeness (QED) is 0.486. The van der Waals surface area contributed by atoms with Crippen molar-refractivity contribution >= 4 is 32.6 Å². The molecule has 4 aromatic rings. The summed E-state index contributed by atoms with van der Waals surface area (Å²) in [4.78, 5) is 8.05. The van der Waals surface area contributed by atoms with Gasteiger partial charge in [-0.2, -0.15) is 0 Å². The first kappa shape index (κ1) is 10.6. The Balaban J connectivity index is 2.25. The zero-order valence-electron chi connectivity index (χ0n) is 11.0. The number of nitrogens with one attached hydrogen (secondary N) is 1. The van der Waals surface area contributed by atoms with Gasteiger partial charge in [-0.1, -0.05) is 18.2 Å². The van der Waals surface area contributed by atoms with Gasteiger partial charge in [0.15, 0.2) is 0 Å². The fraction of sp³-hybridized carbons (Fsp3) is 0.118. The van der Waals surface area contributed by atoms with E-state index in [1.807, 2.05) is 6.92 Å². The third-order valence-electron chi connectivity index (χ3n) is 3.77. The standard InChI is InChI=1S/C17H14N2/c1-10-7-12-8-17-15(9-14(12)11(2)18-10)13-5-3-4-6-16(13)19-17/h3-9,19H,1-2H3. The summed E-state index contributed by atoms with van der Waals surface area (Å²) >= 11 is 0. The molecule has 0 radical (unpaired) electrons. The molecule has 0 aliphatic carbocycles. The molecule has 4 rings (SSSR count). The minimum absolute atomic E-state index is 1.07. The van der Waals surface area contributed by atoms with E-state index in [2.05, 4.69) is 59.4 Å². The van der Waals surface area contributed by atoms with Crippen molar-refractivity contribution in [2.24, 2.45) is 0 Å². The summed E-state index contributed by atoms with van der Waals surface area (Å²) < 4.78 is 0. The summed E-state index contributed by atoms with van der Waals surface area (Å²) in [5.41, 5.74) is 4.55. The molecular weight excluding hydrogens is 232 g/mol. The van der Waals surface area contributed by atoms with Crippen molar-refractivity contribution < 1.29 is 0 Å². The molecule has 0 aliphatic rings. The number of para-hydroxylation sites is 1. The lowest BCUT2D eigenvalue weighted by atomic mass is 10.0. The molecule has 2 aromatic heterocycles. The molecule has 2 nitrogen and oxygen atoms in total. The monoisotopic (exact) mass is 246 g/mol. The molecule has 19 heavy (non-hydrogen) atoms. The summed E-state index contributed by atoms with van der Waals surface area (Å²) in [5, 5.41) is 5.04. The van der Waals surface area contributed by atoms with Gasteiger partial charge in [0.2, 0.25) is 0 Å². The second-order valence-electron chi connectivity index (χ2n) is 5.14. The fourth-order valence-electron chi connectivity index (χ4n) is 2.93. The van der Waals surface area contributed by atoms with Crippen molar-refractivity contribution in [1.29, 1.82) is 0 Å². The Hall–Kier alpha value is -2.35. The minimum Gasteiger partial charge on any atom is -0.354 e. The van der Waals surface area contributed by atoms with Gasteiger partial charge in [-0.05, 0) is 43.5 Å². The van der Waals surface area contributed by atoms with E-state index in [4.69, 9.17) is 0 Å². The minimum atomic E-state index is 1.07. The van der Waals surface area contributed by atoms with Gasteiger partial charge < -0.3 is 4.98 Å². The van der Waals surface area contributed by atoms with Gasteiger partial charge in [0.05, 0.1) is 0 Å². The summed E-state index contributed by atoms with van der Waals surface area (Å²) in [6.45, 7) is 4.12. The van der Waals surface area contributed by atoms with E-state index < -0.39 is 0 Å². The zero-order chi connectivity index (χ0) is 13.0. The average molecular weight is 246 g/mol. The molecule has 0 atom stereocenters. The molecular formula is C17H14N2. The summed E-state index contributed by atoms with van der Waals surface area (Å²) in [6, 6.07) is 15.1. The molecule has 2 heteroatoms. The van der Waals surface area contributed by atoms with E-state index in [0.717, 1.165) is 11.4 Å². The van der Waals surface area contributed by atoms with Crippen molar-refractivity contribution in [3.8, 4) is 0 Å². The highest BCUT2D eigenvalue weighted by molar-refractivity contribution is 6.12. The molecule has 92 valence electrons. The Labute approximate surface area is 111 Å². The number of nitrogens with zero attached hydrogens (tertiary/aromatic N) is 1. The highest BCUT2D eigenvalue weighted by Gasteiger charge is 2.07. The van der Waals surface area contributed by atoms with Crippen molar-refractivity contribution in [3.05, 3.63) is 53.9 Å². The lowest BCUT2D eigenvalue weighted by molar-refractivity contribution is 1.15. The lowest BCUT2D eigenvalue weighted by Gasteiger charge is -2.04. The predicted octanol–water partition coefficient (Wildman–Crippen LogP) is 4.49. The highest BCUT2D eigenvalue weighted by atomic mass is 14.7. The molecule has 0 spiro atoms. The molecule has 0 unspecified atom stereocenters. The number of aryl methyl sites for hydroxylation is 2. The molecule has 0 saturated heterocycles. The summed E-state index contributed by atoms with van der Waals surface area (Å²) in [5.74, 6) is 0. The van der Waals surface area contributed by atoms with E-state index in [9.17, 15) is 0 Å². The number of pyridine rings is 1. The van der Waals surface area contributed by atoms with Crippen LogP contribution in [0, 0.1) is 13.8 Å². The van der Waals surface area contributed by atoms with Gasteiger partial charge in [-0.25, -0.2) is 0 Å². The van der Waals surface area contributed by atoms with Crippen LogP contribution in [-0.4, -0.2) is 9.97 Å². The lowest BCUT2D eigenvalue weighted by Crippen LogP contribution is -1.88. The maximum Gasteiger partial charge on any atom is 0.0471 e. The Morgan fingerprint density at radius 3 is 2.58 bits per heavy atom. The molecule has 0 saturated carbocycles. The molecule has 2 aromatic carbocycles. The van der Waals surface area contributed by atoms with Crippen molar-refractivity contribution in [2.75, 3.05) is 0 Å². The van der Waals surface area contributed by atoms with Crippen molar-refractivity contribution in [3.63, 3.8) is 0 Å². The first-order valence-electron chi connectivity index (χ1n) is 6.51. The van der Waals surface area contributed by atoms with Gasteiger partial charge >= 0.3 is 0 Å². The van der Waals surface area contributed by atoms with Crippen LogP contribution in [0.4, 0.5) is 0 Å². The Kier molecular flexibility index (Phi) is 1.99. The van der Waals surface area contributed by atoms with Crippen LogP contribution in [0.25, 0.3) is 32.6 Å². The number of aromatic amines is 1. The summed E-state index contributed by atoms with van der Waals surface area (Å²) in [6.07, 6.45) is 0. The third kappa shape index (κ3) is 1.46. The van der Waals surface area contributed by atoms with E-state index in [-0.39, 0.29) is 0 Å². The normalized spacial score (nSPS) is 11.7. The van der Waals surface area contributed by atoms with Gasteiger partial charge in [0.25, 0.3) is 0 Å². The number of aromatic nitrogens is 2. The van der Waals surface area contributed by atoms with Crippen LogP contribution in [0.1, 0.15) is 11.4 Å². The van der Waals surface area contributed by atoms with Crippen LogP contribution in [-0.2, 0) is 0 Å². The number of hydrogen-bond donors (Lipinski definition) is 1. The molecule has 0 aliphatic heterocycles. The number of H-pyrrole nitrogens is 1. The summed E-state index contributed by atoms with van der Waals surface area (Å²) in [7, 11) is 0. The van der Waals surface area contributed by atoms with Crippen LogP contribution >= 0.6 is 0 Å². The second kappa shape index (κ2) is 3.58. The van der Waals surface area contributed by atoms with E-state index in [1.165, 1.54) is 32.6 Å². The largest absolute Gasteiger partial charge is 0.354 e. The maximum absolute atomic E-state index is 4.56. The molecule has 1 N–H and O–H groups in total. The van der Waals surface area contributed by atoms with Crippen LogP contribution in [0.15, 0.2) is 42.5 Å². The van der Waals surface area contributed by atoms with E-state index in [0.29, 0.717) is 0 Å². The third-order valence-corrected chi connectivity index (χ3v) is 3.77. The van der Waals surface area contributed by atoms with Gasteiger partial charge in [0, 0.05) is 38.6 Å². The number of benzene rings is 2. The van der Waals surface area contributed by atoms with Crippen LogP contribution < -0.4 is 0 Å². The smallest absolute Gasteiger partial charge is 0.0471 e. The predicted molar refractivity (Wildman–Crippen MR) is 80.6 cm³/mol. The molecule has 0 amide bonds. The SMILES string of the molecule is Cc1cc2cc3[nH]c4ccccc4c3cc2c(C)n1. The molecule has 2 heterocycles. The number of rotatable bonds is 0. The number of hydrogen-bond acceptors (Lipinski definition) is 1. The Bertz CT molecular complexity index is 932. The molecule has 0 fully saturated rings. The Morgan fingerprint density at radius 1 is 0.842 bits per heavy atom. The van der Waals surface area contributed by atoms with Gasteiger partial charge in [0.1, 0.15) is 0 Å². The molecule has 0 bridgehead atoms. The Morgan fingerprint density at radius 2 is 1.68 bits per heavy atom. The highest BCUT2D eigenvalue weighted by Crippen LogP contribution is 2.30. The topological polar surface area (TPSA) is 28.7 Å². The van der Waals surface area contributed by atoms with Crippen molar-refractivity contribution in [1.82, 2.24) is 9.97 Å². The van der Waals surface area contributed by atoms with Crippen LogP contribution in [0.2, 0.25) is 0 Å². The van der Waals surface area contributed by atoms with Gasteiger partial charge in [-0.3, -0.25) is 4.98 Å². The zero-order valence-corrected chi connectivity index (χ0v) is 11.0. The van der Waals surface area contributed by atoms with Crippen LogP contribution in [0.3, 0.4) is 0 Å². The first-order chi connectivity index (χ1) is 9.22. The van der Waals surface area contributed by atoms with Gasteiger partial charge in [-0.15, -0.1) is 0 Å².